The van der Waals surface area contributed by atoms with Crippen molar-refractivity contribution in [3.8, 4) is 5.75 Å². The van der Waals surface area contributed by atoms with E-state index in [1.165, 1.54) is 20.1 Å². The lowest BCUT2D eigenvalue weighted by atomic mass is 9.62. The van der Waals surface area contributed by atoms with E-state index in [-0.39, 0.29) is 24.5 Å². The molecule has 1 aromatic rings. The number of phenols is 1. The molecule has 0 radical (unpaired) electrons. The average molecular weight is 524 g/mol. The van der Waals surface area contributed by atoms with Crippen molar-refractivity contribution in [1.82, 2.24) is 0 Å². The van der Waals surface area contributed by atoms with Crippen LogP contribution in [0.5, 0.6) is 5.75 Å². The van der Waals surface area contributed by atoms with Crippen molar-refractivity contribution in [3.63, 3.8) is 0 Å². The quantitative estimate of drug-likeness (QED) is 0.187. The molecule has 2 N–H and O–H groups in total. The van der Waals surface area contributed by atoms with Crippen LogP contribution in [-0.2, 0) is 33.4 Å². The van der Waals surface area contributed by atoms with Gasteiger partial charge in [-0.15, -0.1) is 0 Å². The molecule has 0 spiro atoms. The lowest BCUT2D eigenvalue weighted by Crippen LogP contribution is -2.65. The van der Waals surface area contributed by atoms with Gasteiger partial charge in [0.15, 0.2) is 0 Å². The second-order valence-corrected chi connectivity index (χ2v) is 10.3. The van der Waals surface area contributed by atoms with Gasteiger partial charge in [0.25, 0.3) is 5.91 Å². The fourth-order valence-corrected chi connectivity index (χ4v) is 6.26. The number of phenolic OH excluding ortho intramolecular Hbond substituents is 1. The van der Waals surface area contributed by atoms with Gasteiger partial charge in [-0.05, 0) is 64.2 Å². The zero-order valence-electron chi connectivity index (χ0n) is 22.0. The number of hydrogen-bond donors (Lipinski definition) is 2. The Bertz CT molecular complexity index is 1260. The molecule has 38 heavy (non-hydrogen) atoms. The number of hydrogen-bond acceptors (Lipinski definition) is 8. The van der Waals surface area contributed by atoms with Gasteiger partial charge in [0, 0.05) is 24.0 Å². The zero-order valence-corrected chi connectivity index (χ0v) is 22.0. The Morgan fingerprint density at radius 2 is 1.92 bits per heavy atom. The molecule has 9 nitrogen and oxygen atoms in total. The number of carbonyl (C=O) groups is 4. The van der Waals surface area contributed by atoms with E-state index in [9.17, 15) is 24.3 Å². The van der Waals surface area contributed by atoms with E-state index >= 15 is 0 Å². The highest BCUT2D eigenvalue weighted by atomic mass is 16.6. The monoisotopic (exact) mass is 523 g/mol. The van der Waals surface area contributed by atoms with Crippen LogP contribution in [0.25, 0.3) is 0 Å². The Balaban J connectivity index is 1.62. The topological polar surface area (TPSA) is 128 Å². The Morgan fingerprint density at radius 3 is 2.61 bits per heavy atom. The van der Waals surface area contributed by atoms with Crippen LogP contribution in [0.2, 0.25) is 0 Å². The minimum atomic E-state index is -1.15. The van der Waals surface area contributed by atoms with Gasteiger partial charge < -0.3 is 24.6 Å². The third kappa shape index (κ3) is 4.50. The Labute approximate surface area is 221 Å². The first kappa shape index (κ1) is 27.2. The summed E-state index contributed by atoms with van der Waals surface area (Å²) in [4.78, 5) is 50.9. The van der Waals surface area contributed by atoms with Crippen LogP contribution in [0.4, 0.5) is 5.69 Å². The maximum Gasteiger partial charge on any atom is 0.333 e. The van der Waals surface area contributed by atoms with Crippen LogP contribution in [0.3, 0.4) is 0 Å². The largest absolute Gasteiger partial charge is 0.506 e. The predicted octanol–water partition coefficient (Wildman–Crippen LogP) is 4.13. The van der Waals surface area contributed by atoms with E-state index in [4.69, 9.17) is 14.2 Å². The number of cyclic esters (lactones) is 1. The van der Waals surface area contributed by atoms with Crippen molar-refractivity contribution < 1.29 is 38.5 Å². The number of esters is 3. The molecular formula is C29H33NO8. The molecule has 1 aliphatic heterocycles. The second-order valence-electron chi connectivity index (χ2n) is 10.3. The van der Waals surface area contributed by atoms with E-state index in [1.54, 1.807) is 56.4 Å². The fraction of sp³-hybridized carbons (Fsp3) is 0.448. The first-order chi connectivity index (χ1) is 18.0. The number of carbonyl (C=O) groups excluding carboxylic acids is 4. The standard InChI is InChI=1S/C29H33NO8/c1-18(24(33)30-21-9-5-6-10-22(21)32)8-7-14-27(3)23-13-16-28(26(35)38-27)15-11-20(25(34)36-4)12-17-29(23,28)37-19(2)31/h5-11,14,23,32H,12-13,15-17H2,1-4H3,(H,30,33)/b14-7+,18-8+/t23-,27+,28+,29-/m0/s1. The molecular weight excluding hydrogens is 490 g/mol. The Morgan fingerprint density at radius 1 is 1.18 bits per heavy atom. The van der Waals surface area contributed by atoms with Gasteiger partial charge in [0.1, 0.15) is 22.4 Å². The lowest BCUT2D eigenvalue weighted by Gasteiger charge is -2.54. The summed E-state index contributed by atoms with van der Waals surface area (Å²) in [6.45, 7) is 4.72. The van der Waals surface area contributed by atoms with Crippen LogP contribution in [-0.4, -0.2) is 47.2 Å². The van der Waals surface area contributed by atoms with Crippen molar-refractivity contribution >= 4 is 29.5 Å². The third-order valence-corrected chi connectivity index (χ3v) is 8.15. The molecule has 2 fully saturated rings. The zero-order chi connectivity index (χ0) is 27.7. The van der Waals surface area contributed by atoms with E-state index < -0.39 is 40.4 Å². The van der Waals surface area contributed by atoms with Gasteiger partial charge in [-0.25, -0.2) is 4.79 Å². The van der Waals surface area contributed by atoms with Crippen LogP contribution in [0.1, 0.15) is 52.9 Å². The highest BCUT2D eigenvalue weighted by Gasteiger charge is 2.74. The lowest BCUT2D eigenvalue weighted by molar-refractivity contribution is -0.235. The number of rotatable bonds is 6. The van der Waals surface area contributed by atoms with Crippen molar-refractivity contribution in [2.24, 2.45) is 11.3 Å². The molecule has 1 amide bonds. The minimum absolute atomic E-state index is 0.0421. The number of anilines is 1. The summed E-state index contributed by atoms with van der Waals surface area (Å²) < 4.78 is 17.0. The summed E-state index contributed by atoms with van der Waals surface area (Å²) in [6, 6.07) is 6.42. The van der Waals surface area contributed by atoms with Crippen LogP contribution in [0, 0.1) is 11.3 Å². The summed E-state index contributed by atoms with van der Waals surface area (Å²) in [6.07, 6.45) is 8.51. The molecule has 1 saturated heterocycles. The molecule has 4 atom stereocenters. The molecule has 0 aromatic heterocycles. The van der Waals surface area contributed by atoms with E-state index in [1.807, 2.05) is 0 Å². The first-order valence-electron chi connectivity index (χ1n) is 12.6. The molecule has 1 heterocycles. The van der Waals surface area contributed by atoms with Gasteiger partial charge in [-0.1, -0.05) is 30.4 Å². The number of amides is 1. The maximum atomic E-state index is 13.7. The highest BCUT2D eigenvalue weighted by molar-refractivity contribution is 6.04. The molecule has 202 valence electrons. The number of benzene rings is 1. The molecule has 1 saturated carbocycles. The molecule has 4 rings (SSSR count). The predicted molar refractivity (Wildman–Crippen MR) is 138 cm³/mol. The number of ether oxygens (including phenoxy) is 3. The summed E-state index contributed by atoms with van der Waals surface area (Å²) in [5.41, 5.74) is -2.25. The average Bonchev–Trinajstić information content (AvgIpc) is 3.01. The summed E-state index contributed by atoms with van der Waals surface area (Å²) >= 11 is 0. The van der Waals surface area contributed by atoms with Crippen LogP contribution < -0.4 is 5.32 Å². The molecule has 2 bridgehead atoms. The van der Waals surface area contributed by atoms with Crippen molar-refractivity contribution in [1.29, 1.82) is 0 Å². The Kier molecular flexibility index (Phi) is 7.23. The van der Waals surface area contributed by atoms with E-state index in [0.717, 1.165) is 0 Å². The highest BCUT2D eigenvalue weighted by Crippen LogP contribution is 2.65. The summed E-state index contributed by atoms with van der Waals surface area (Å²) in [7, 11) is 1.31. The molecule has 0 unspecified atom stereocenters. The van der Waals surface area contributed by atoms with Gasteiger partial charge in [0.2, 0.25) is 0 Å². The minimum Gasteiger partial charge on any atom is -0.506 e. The van der Waals surface area contributed by atoms with Gasteiger partial charge in [0.05, 0.1) is 12.8 Å². The van der Waals surface area contributed by atoms with E-state index in [2.05, 4.69) is 5.32 Å². The number of methoxy groups -OCH3 is 1. The SMILES string of the molecule is COC(=O)C1=CC[C@@]23CC[C@@H]([C@@](C)(/C=C/C=C(\C)C(=O)Nc4ccccc4O)OC2=O)[C@@]3(OC(C)=O)CC1. The normalized spacial score (nSPS) is 30.5. The third-order valence-electron chi connectivity index (χ3n) is 8.15. The molecule has 3 aliphatic rings. The van der Waals surface area contributed by atoms with Crippen molar-refractivity contribution in [2.45, 2.75) is 64.1 Å². The van der Waals surface area contributed by atoms with Crippen molar-refractivity contribution in [2.75, 3.05) is 12.4 Å². The number of aromatic hydroxyl groups is 1. The molecule has 9 heteroatoms. The van der Waals surface area contributed by atoms with Gasteiger partial charge in [-0.2, -0.15) is 0 Å². The van der Waals surface area contributed by atoms with Crippen LogP contribution in [0.15, 0.2) is 59.7 Å². The fourth-order valence-electron chi connectivity index (χ4n) is 6.26. The number of nitrogens with one attached hydrogen (secondary N) is 1. The smallest absolute Gasteiger partial charge is 0.333 e. The maximum absolute atomic E-state index is 13.7. The number of para-hydroxylation sites is 2. The van der Waals surface area contributed by atoms with Crippen molar-refractivity contribution in [3.05, 3.63) is 59.7 Å². The number of allylic oxidation sites excluding steroid dienone is 3. The first-order valence-corrected chi connectivity index (χ1v) is 12.6. The summed E-state index contributed by atoms with van der Waals surface area (Å²) in [5, 5.41) is 12.6. The Hall–Kier alpha value is -3.88. The summed E-state index contributed by atoms with van der Waals surface area (Å²) in [5.74, 6) is -2.24. The van der Waals surface area contributed by atoms with Gasteiger partial charge >= 0.3 is 17.9 Å². The molecule has 1 aromatic carbocycles. The molecule has 2 aliphatic carbocycles. The second kappa shape index (κ2) is 10.1. The van der Waals surface area contributed by atoms with E-state index in [0.29, 0.717) is 36.1 Å². The van der Waals surface area contributed by atoms with Crippen LogP contribution >= 0.6 is 0 Å². The van der Waals surface area contributed by atoms with Gasteiger partial charge in [-0.3, -0.25) is 14.4 Å².